The van der Waals surface area contributed by atoms with Crippen LogP contribution in [0, 0.1) is 0 Å². The van der Waals surface area contributed by atoms with Gasteiger partial charge in [0.25, 0.3) is 0 Å². The van der Waals surface area contributed by atoms with E-state index >= 15 is 0 Å². The Bertz CT molecular complexity index is 245. The van der Waals surface area contributed by atoms with Crippen molar-refractivity contribution in [1.82, 2.24) is 0 Å². The van der Waals surface area contributed by atoms with Gasteiger partial charge in [-0.15, -0.1) is 0 Å². The minimum absolute atomic E-state index is 0.659. The van der Waals surface area contributed by atoms with Crippen molar-refractivity contribution in [2.24, 2.45) is 0 Å². The van der Waals surface area contributed by atoms with Gasteiger partial charge in [-0.25, -0.2) is 0 Å². The van der Waals surface area contributed by atoms with E-state index in [2.05, 4.69) is 12.1 Å². The van der Waals surface area contributed by atoms with Crippen molar-refractivity contribution in [2.45, 2.75) is 20.5 Å². The molecule has 0 bridgehead atoms. The predicted molar refractivity (Wildman–Crippen MR) is 50.7 cm³/mol. The van der Waals surface area contributed by atoms with Crippen molar-refractivity contribution in [1.29, 1.82) is 0 Å². The summed E-state index contributed by atoms with van der Waals surface area (Å²) >= 11 is 0. The van der Waals surface area contributed by atoms with Gasteiger partial charge in [0.2, 0.25) is 0 Å². The second-order valence-electron chi connectivity index (χ2n) is 2.99. The molecule has 0 unspecified atom stereocenters. The van der Waals surface area contributed by atoms with Crippen LogP contribution in [0.5, 0.6) is 0 Å². The summed E-state index contributed by atoms with van der Waals surface area (Å²) in [7, 11) is 0. The second kappa shape index (κ2) is 4.60. The lowest BCUT2D eigenvalue weighted by Crippen LogP contribution is -1.85. The minimum atomic E-state index is 0.659. The zero-order valence-electron chi connectivity index (χ0n) is 7.58. The lowest BCUT2D eigenvalue weighted by molar-refractivity contribution is 0.233. The number of hydrogen-bond acceptors (Lipinski definition) is 1. The highest BCUT2D eigenvalue weighted by Gasteiger charge is 1.87. The van der Waals surface area contributed by atoms with Gasteiger partial charge in [0.15, 0.2) is 0 Å². The fourth-order valence-corrected chi connectivity index (χ4v) is 0.879. The minimum Gasteiger partial charge on any atom is -0.497 e. The maximum absolute atomic E-state index is 5.32. The molecule has 0 spiro atoms. The molecule has 0 fully saturated rings. The summed E-state index contributed by atoms with van der Waals surface area (Å²) in [6, 6.07) is 10.1. The first-order valence-corrected chi connectivity index (χ1v) is 4.08. The van der Waals surface area contributed by atoms with Gasteiger partial charge in [-0.05, 0) is 25.0 Å². The Morgan fingerprint density at radius 3 is 2.50 bits per heavy atom. The fraction of sp³-hybridized carbons (Fsp3) is 0.273. The molecule has 0 saturated carbocycles. The maximum Gasteiger partial charge on any atom is 0.112 e. The molecule has 12 heavy (non-hydrogen) atoms. The van der Waals surface area contributed by atoms with Crippen LogP contribution in [-0.2, 0) is 11.3 Å². The second-order valence-corrected chi connectivity index (χ2v) is 2.99. The van der Waals surface area contributed by atoms with E-state index in [1.807, 2.05) is 32.0 Å². The number of allylic oxidation sites excluding steroid dienone is 1. The average molecular weight is 162 g/mol. The van der Waals surface area contributed by atoms with E-state index in [-0.39, 0.29) is 0 Å². The Balaban J connectivity index is 2.39. The first-order chi connectivity index (χ1) is 5.79. The summed E-state index contributed by atoms with van der Waals surface area (Å²) < 4.78 is 5.32. The zero-order chi connectivity index (χ0) is 8.81. The third-order valence-electron chi connectivity index (χ3n) is 1.41. The van der Waals surface area contributed by atoms with E-state index in [1.54, 1.807) is 6.26 Å². The quantitative estimate of drug-likeness (QED) is 0.620. The molecule has 1 aromatic carbocycles. The highest BCUT2D eigenvalue weighted by Crippen LogP contribution is 2.01. The topological polar surface area (TPSA) is 9.23 Å². The standard InChI is InChI=1S/C11H14O/c1-10(2)8-12-9-11-6-4-3-5-7-11/h3-8H,9H2,1-2H3. The summed E-state index contributed by atoms with van der Waals surface area (Å²) in [5, 5.41) is 0. The number of benzene rings is 1. The van der Waals surface area contributed by atoms with Crippen molar-refractivity contribution in [2.75, 3.05) is 0 Å². The van der Waals surface area contributed by atoms with Crippen LogP contribution in [0.2, 0.25) is 0 Å². The Morgan fingerprint density at radius 2 is 1.92 bits per heavy atom. The van der Waals surface area contributed by atoms with Gasteiger partial charge in [0, 0.05) is 0 Å². The molecule has 0 aliphatic carbocycles. The van der Waals surface area contributed by atoms with Crippen molar-refractivity contribution in [3.63, 3.8) is 0 Å². The smallest absolute Gasteiger partial charge is 0.112 e. The molecule has 1 heteroatoms. The van der Waals surface area contributed by atoms with Crippen LogP contribution in [0.15, 0.2) is 42.2 Å². The molecule has 1 aromatic rings. The van der Waals surface area contributed by atoms with E-state index in [9.17, 15) is 0 Å². The summed E-state index contributed by atoms with van der Waals surface area (Å²) in [6.07, 6.45) is 1.78. The number of rotatable bonds is 3. The van der Waals surface area contributed by atoms with Crippen molar-refractivity contribution < 1.29 is 4.74 Å². The third kappa shape index (κ3) is 3.24. The first-order valence-electron chi connectivity index (χ1n) is 4.08. The van der Waals surface area contributed by atoms with Crippen LogP contribution in [-0.4, -0.2) is 0 Å². The molecule has 1 rings (SSSR count). The van der Waals surface area contributed by atoms with Crippen LogP contribution in [0.4, 0.5) is 0 Å². The predicted octanol–water partition coefficient (Wildman–Crippen LogP) is 3.13. The summed E-state index contributed by atoms with van der Waals surface area (Å²) in [5.41, 5.74) is 2.39. The summed E-state index contributed by atoms with van der Waals surface area (Å²) in [4.78, 5) is 0. The van der Waals surface area contributed by atoms with Crippen LogP contribution >= 0.6 is 0 Å². The normalized spacial score (nSPS) is 9.17. The van der Waals surface area contributed by atoms with Crippen LogP contribution in [0.3, 0.4) is 0 Å². The monoisotopic (exact) mass is 162 g/mol. The Morgan fingerprint density at radius 1 is 1.25 bits per heavy atom. The maximum atomic E-state index is 5.32. The molecular weight excluding hydrogens is 148 g/mol. The molecule has 0 aliphatic rings. The number of ether oxygens (including phenoxy) is 1. The van der Waals surface area contributed by atoms with E-state index < -0.39 is 0 Å². The lowest BCUT2D eigenvalue weighted by Gasteiger charge is -2.00. The van der Waals surface area contributed by atoms with Gasteiger partial charge in [-0.1, -0.05) is 30.3 Å². The van der Waals surface area contributed by atoms with Crippen LogP contribution < -0.4 is 0 Å². The van der Waals surface area contributed by atoms with E-state index in [1.165, 1.54) is 11.1 Å². The summed E-state index contributed by atoms with van der Waals surface area (Å²) in [5.74, 6) is 0. The van der Waals surface area contributed by atoms with E-state index in [4.69, 9.17) is 4.74 Å². The molecule has 0 saturated heterocycles. The summed E-state index contributed by atoms with van der Waals surface area (Å²) in [6.45, 7) is 4.70. The Kier molecular flexibility index (Phi) is 3.39. The van der Waals surface area contributed by atoms with E-state index in [0.29, 0.717) is 6.61 Å². The molecule has 0 amide bonds. The SMILES string of the molecule is CC(C)=COCc1ccccc1. The largest absolute Gasteiger partial charge is 0.497 e. The molecule has 0 atom stereocenters. The van der Waals surface area contributed by atoms with Gasteiger partial charge in [-0.2, -0.15) is 0 Å². The van der Waals surface area contributed by atoms with Gasteiger partial charge >= 0.3 is 0 Å². The number of hydrogen-bond donors (Lipinski definition) is 0. The van der Waals surface area contributed by atoms with Gasteiger partial charge in [0.05, 0.1) is 6.26 Å². The average Bonchev–Trinajstić information content (AvgIpc) is 2.05. The highest BCUT2D eigenvalue weighted by atomic mass is 16.5. The first kappa shape index (κ1) is 8.85. The lowest BCUT2D eigenvalue weighted by atomic mass is 10.2. The van der Waals surface area contributed by atoms with Gasteiger partial charge in [0.1, 0.15) is 6.61 Å². The molecule has 0 radical (unpaired) electrons. The molecule has 1 nitrogen and oxygen atoms in total. The van der Waals surface area contributed by atoms with E-state index in [0.717, 1.165) is 0 Å². The van der Waals surface area contributed by atoms with Crippen molar-refractivity contribution >= 4 is 0 Å². The fourth-order valence-electron chi connectivity index (χ4n) is 0.879. The van der Waals surface area contributed by atoms with Crippen LogP contribution in [0.1, 0.15) is 19.4 Å². The Labute approximate surface area is 73.7 Å². The van der Waals surface area contributed by atoms with Crippen molar-refractivity contribution in [3.8, 4) is 0 Å². The Hall–Kier alpha value is -1.24. The third-order valence-corrected chi connectivity index (χ3v) is 1.41. The molecule has 0 aliphatic heterocycles. The molecule has 0 aromatic heterocycles. The molecule has 64 valence electrons. The van der Waals surface area contributed by atoms with Gasteiger partial charge < -0.3 is 4.74 Å². The highest BCUT2D eigenvalue weighted by molar-refractivity contribution is 5.13. The van der Waals surface area contributed by atoms with Gasteiger partial charge in [-0.3, -0.25) is 0 Å². The van der Waals surface area contributed by atoms with Crippen molar-refractivity contribution in [3.05, 3.63) is 47.7 Å². The molecular formula is C11H14O. The molecule has 0 N–H and O–H groups in total. The zero-order valence-corrected chi connectivity index (χ0v) is 7.58. The molecule has 0 heterocycles. The van der Waals surface area contributed by atoms with Crippen LogP contribution in [0.25, 0.3) is 0 Å².